The van der Waals surface area contributed by atoms with Crippen LogP contribution in [0.4, 0.5) is 4.39 Å². The molecule has 4 heteroatoms. The maximum atomic E-state index is 13.2. The lowest BCUT2D eigenvalue weighted by atomic mass is 10.1. The second kappa shape index (κ2) is 6.73. The van der Waals surface area contributed by atoms with E-state index in [0.29, 0.717) is 11.6 Å². The SMILES string of the molecule is COc1ccc(C(C)NCc2cc(F)ccc2Cl)cc1. The molecule has 0 saturated heterocycles. The molecule has 0 aromatic heterocycles. The number of benzene rings is 2. The van der Waals surface area contributed by atoms with E-state index in [9.17, 15) is 4.39 Å². The topological polar surface area (TPSA) is 21.3 Å². The zero-order valence-electron chi connectivity index (χ0n) is 11.5. The Labute approximate surface area is 123 Å². The van der Waals surface area contributed by atoms with Gasteiger partial charge >= 0.3 is 0 Å². The van der Waals surface area contributed by atoms with Gasteiger partial charge in [-0.05, 0) is 48.4 Å². The van der Waals surface area contributed by atoms with Crippen molar-refractivity contribution in [2.75, 3.05) is 7.11 Å². The Balaban J connectivity index is 2.00. The van der Waals surface area contributed by atoms with E-state index in [2.05, 4.69) is 12.2 Å². The largest absolute Gasteiger partial charge is 0.497 e. The molecule has 2 rings (SSSR count). The number of methoxy groups -OCH3 is 1. The maximum Gasteiger partial charge on any atom is 0.123 e. The van der Waals surface area contributed by atoms with Gasteiger partial charge in [0.05, 0.1) is 7.11 Å². The monoisotopic (exact) mass is 293 g/mol. The number of ether oxygens (including phenoxy) is 1. The van der Waals surface area contributed by atoms with Gasteiger partial charge in [-0.15, -0.1) is 0 Å². The first-order chi connectivity index (χ1) is 9.60. The van der Waals surface area contributed by atoms with Gasteiger partial charge in [-0.2, -0.15) is 0 Å². The Kier molecular flexibility index (Phi) is 4.99. The molecule has 0 saturated carbocycles. The van der Waals surface area contributed by atoms with Crippen molar-refractivity contribution < 1.29 is 9.13 Å². The van der Waals surface area contributed by atoms with Gasteiger partial charge in [0.15, 0.2) is 0 Å². The van der Waals surface area contributed by atoms with Crippen molar-refractivity contribution >= 4 is 11.6 Å². The highest BCUT2D eigenvalue weighted by atomic mass is 35.5. The molecule has 0 aliphatic rings. The highest BCUT2D eigenvalue weighted by molar-refractivity contribution is 6.31. The van der Waals surface area contributed by atoms with E-state index in [-0.39, 0.29) is 11.9 Å². The Morgan fingerprint density at radius 1 is 1.20 bits per heavy atom. The summed E-state index contributed by atoms with van der Waals surface area (Å²) < 4.78 is 18.3. The first kappa shape index (κ1) is 14.8. The van der Waals surface area contributed by atoms with Crippen molar-refractivity contribution in [2.24, 2.45) is 0 Å². The normalized spacial score (nSPS) is 12.2. The second-order valence-electron chi connectivity index (χ2n) is 4.61. The third-order valence-corrected chi connectivity index (χ3v) is 3.59. The lowest BCUT2D eigenvalue weighted by Crippen LogP contribution is -2.18. The summed E-state index contributed by atoms with van der Waals surface area (Å²) in [4.78, 5) is 0. The molecule has 0 bridgehead atoms. The molecule has 2 aromatic rings. The zero-order chi connectivity index (χ0) is 14.5. The molecule has 106 valence electrons. The van der Waals surface area contributed by atoms with Crippen LogP contribution >= 0.6 is 11.6 Å². The summed E-state index contributed by atoms with van der Waals surface area (Å²) in [6, 6.07) is 12.4. The van der Waals surface area contributed by atoms with Crippen molar-refractivity contribution in [3.63, 3.8) is 0 Å². The Bertz CT molecular complexity index is 571. The standard InChI is InChI=1S/C16H17ClFNO/c1-11(12-3-6-15(20-2)7-4-12)19-10-13-9-14(18)5-8-16(13)17/h3-9,11,19H,10H2,1-2H3. The third-order valence-electron chi connectivity index (χ3n) is 3.22. The summed E-state index contributed by atoms with van der Waals surface area (Å²) in [6.45, 7) is 2.57. The van der Waals surface area contributed by atoms with Gasteiger partial charge in [0.1, 0.15) is 11.6 Å². The number of rotatable bonds is 5. The van der Waals surface area contributed by atoms with Crippen LogP contribution in [-0.2, 0) is 6.54 Å². The molecule has 0 amide bonds. The molecule has 0 spiro atoms. The van der Waals surface area contributed by atoms with Crippen molar-refractivity contribution in [3.05, 3.63) is 64.4 Å². The van der Waals surface area contributed by atoms with Crippen molar-refractivity contribution in [2.45, 2.75) is 19.5 Å². The van der Waals surface area contributed by atoms with Crippen LogP contribution in [0, 0.1) is 5.82 Å². The lowest BCUT2D eigenvalue weighted by Gasteiger charge is -2.15. The fourth-order valence-corrected chi connectivity index (χ4v) is 2.14. The van der Waals surface area contributed by atoms with E-state index in [1.54, 1.807) is 13.2 Å². The third kappa shape index (κ3) is 3.71. The van der Waals surface area contributed by atoms with E-state index < -0.39 is 0 Å². The molecule has 0 heterocycles. The molecule has 1 atom stereocenters. The predicted octanol–water partition coefficient (Wildman–Crippen LogP) is 4.34. The molecule has 0 aliphatic heterocycles. The smallest absolute Gasteiger partial charge is 0.123 e. The number of halogens is 2. The van der Waals surface area contributed by atoms with Gasteiger partial charge < -0.3 is 10.1 Å². The zero-order valence-corrected chi connectivity index (χ0v) is 12.2. The molecular weight excluding hydrogens is 277 g/mol. The second-order valence-corrected chi connectivity index (χ2v) is 5.02. The Morgan fingerprint density at radius 2 is 1.90 bits per heavy atom. The van der Waals surface area contributed by atoms with Gasteiger partial charge in [0.25, 0.3) is 0 Å². The first-order valence-electron chi connectivity index (χ1n) is 6.41. The van der Waals surface area contributed by atoms with E-state index in [1.807, 2.05) is 24.3 Å². The fourth-order valence-electron chi connectivity index (χ4n) is 1.95. The molecule has 20 heavy (non-hydrogen) atoms. The van der Waals surface area contributed by atoms with Crippen LogP contribution in [0.5, 0.6) is 5.75 Å². The quantitative estimate of drug-likeness (QED) is 0.885. The summed E-state index contributed by atoms with van der Waals surface area (Å²) in [6.07, 6.45) is 0. The average molecular weight is 294 g/mol. The van der Waals surface area contributed by atoms with E-state index in [4.69, 9.17) is 16.3 Å². The van der Waals surface area contributed by atoms with Crippen LogP contribution in [0.25, 0.3) is 0 Å². The van der Waals surface area contributed by atoms with Crippen LogP contribution < -0.4 is 10.1 Å². The van der Waals surface area contributed by atoms with Gasteiger partial charge in [-0.3, -0.25) is 0 Å². The molecule has 0 radical (unpaired) electrons. The van der Waals surface area contributed by atoms with E-state index in [1.165, 1.54) is 12.1 Å². The lowest BCUT2D eigenvalue weighted by molar-refractivity contribution is 0.414. The summed E-state index contributed by atoms with van der Waals surface area (Å²) in [5.74, 6) is 0.553. The number of hydrogen-bond acceptors (Lipinski definition) is 2. The van der Waals surface area contributed by atoms with Gasteiger partial charge in [0.2, 0.25) is 0 Å². The minimum atomic E-state index is -0.275. The van der Waals surface area contributed by atoms with Crippen LogP contribution in [0.1, 0.15) is 24.1 Å². The van der Waals surface area contributed by atoms with Crippen molar-refractivity contribution in [1.82, 2.24) is 5.32 Å². The maximum absolute atomic E-state index is 13.2. The molecule has 1 N–H and O–H groups in total. The van der Waals surface area contributed by atoms with Gasteiger partial charge in [-0.25, -0.2) is 4.39 Å². The summed E-state index contributed by atoms with van der Waals surface area (Å²) >= 11 is 6.04. The minimum absolute atomic E-state index is 0.139. The van der Waals surface area contributed by atoms with Crippen molar-refractivity contribution in [1.29, 1.82) is 0 Å². The average Bonchev–Trinajstić information content (AvgIpc) is 2.48. The fraction of sp³-hybridized carbons (Fsp3) is 0.250. The van der Waals surface area contributed by atoms with Crippen molar-refractivity contribution in [3.8, 4) is 5.75 Å². The highest BCUT2D eigenvalue weighted by Crippen LogP contribution is 2.20. The molecule has 2 aromatic carbocycles. The molecule has 0 fully saturated rings. The Morgan fingerprint density at radius 3 is 2.55 bits per heavy atom. The van der Waals surface area contributed by atoms with Crippen LogP contribution in [0.3, 0.4) is 0 Å². The number of nitrogens with one attached hydrogen (secondary N) is 1. The summed E-state index contributed by atoms with van der Waals surface area (Å²) in [7, 11) is 1.64. The molecule has 1 unspecified atom stereocenters. The van der Waals surface area contributed by atoms with Crippen LogP contribution in [-0.4, -0.2) is 7.11 Å². The predicted molar refractivity (Wildman–Crippen MR) is 79.7 cm³/mol. The van der Waals surface area contributed by atoms with E-state index >= 15 is 0 Å². The van der Waals surface area contributed by atoms with E-state index in [0.717, 1.165) is 16.9 Å². The summed E-state index contributed by atoms with van der Waals surface area (Å²) in [5, 5.41) is 3.90. The molecular formula is C16H17ClFNO. The van der Waals surface area contributed by atoms with Gasteiger partial charge in [-0.1, -0.05) is 23.7 Å². The minimum Gasteiger partial charge on any atom is -0.497 e. The van der Waals surface area contributed by atoms with Crippen LogP contribution in [0.15, 0.2) is 42.5 Å². The Hall–Kier alpha value is -1.58. The molecule has 0 aliphatic carbocycles. The van der Waals surface area contributed by atoms with Crippen LogP contribution in [0.2, 0.25) is 5.02 Å². The summed E-state index contributed by atoms with van der Waals surface area (Å²) in [5.41, 5.74) is 1.89. The molecule has 2 nitrogen and oxygen atoms in total. The highest BCUT2D eigenvalue weighted by Gasteiger charge is 2.07. The number of hydrogen-bond donors (Lipinski definition) is 1. The van der Waals surface area contributed by atoms with Gasteiger partial charge in [0, 0.05) is 17.6 Å². The first-order valence-corrected chi connectivity index (χ1v) is 6.79.